The molecule has 2 aromatic rings. The Morgan fingerprint density at radius 3 is 3.00 bits per heavy atom. The number of nitrogens with one attached hydrogen (secondary N) is 1. The molecular formula is C13H18N4O. The summed E-state index contributed by atoms with van der Waals surface area (Å²) in [4.78, 5) is 12.2. The van der Waals surface area contributed by atoms with Crippen LogP contribution in [0.2, 0.25) is 0 Å². The SMILES string of the molecule is C=C(CNCC)Cn1ccn2nc(C)cc2c1=O. The van der Waals surface area contributed by atoms with Crippen LogP contribution >= 0.6 is 0 Å². The zero-order valence-corrected chi connectivity index (χ0v) is 10.8. The summed E-state index contributed by atoms with van der Waals surface area (Å²) in [5.74, 6) is 0. The van der Waals surface area contributed by atoms with Gasteiger partial charge in [-0.25, -0.2) is 4.52 Å². The lowest BCUT2D eigenvalue weighted by atomic mass is 10.3. The lowest BCUT2D eigenvalue weighted by molar-refractivity contribution is 0.682. The van der Waals surface area contributed by atoms with Crippen molar-refractivity contribution >= 4 is 5.52 Å². The largest absolute Gasteiger partial charge is 0.313 e. The van der Waals surface area contributed by atoms with Crippen LogP contribution in [0, 0.1) is 6.92 Å². The summed E-state index contributed by atoms with van der Waals surface area (Å²) in [5, 5.41) is 7.41. The first-order valence-electron chi connectivity index (χ1n) is 6.04. The molecule has 2 rings (SSSR count). The van der Waals surface area contributed by atoms with E-state index in [-0.39, 0.29) is 5.56 Å². The first-order valence-corrected chi connectivity index (χ1v) is 6.04. The average molecular weight is 246 g/mol. The maximum atomic E-state index is 12.2. The number of fused-ring (bicyclic) bond motifs is 1. The Bertz CT molecular complexity index is 623. The van der Waals surface area contributed by atoms with Gasteiger partial charge < -0.3 is 9.88 Å². The van der Waals surface area contributed by atoms with Crippen molar-refractivity contribution in [2.45, 2.75) is 20.4 Å². The highest BCUT2D eigenvalue weighted by atomic mass is 16.1. The van der Waals surface area contributed by atoms with Crippen molar-refractivity contribution in [3.63, 3.8) is 0 Å². The Labute approximate surface area is 106 Å². The molecule has 0 aliphatic heterocycles. The van der Waals surface area contributed by atoms with E-state index in [1.165, 1.54) is 0 Å². The molecule has 0 fully saturated rings. The van der Waals surface area contributed by atoms with Crippen LogP contribution in [0.25, 0.3) is 5.52 Å². The third kappa shape index (κ3) is 2.51. The number of hydrogen-bond acceptors (Lipinski definition) is 3. The van der Waals surface area contributed by atoms with E-state index >= 15 is 0 Å². The Morgan fingerprint density at radius 1 is 1.50 bits per heavy atom. The highest BCUT2D eigenvalue weighted by Crippen LogP contribution is 2.01. The highest BCUT2D eigenvalue weighted by Gasteiger charge is 2.05. The minimum atomic E-state index is -0.0317. The number of hydrogen-bond donors (Lipinski definition) is 1. The van der Waals surface area contributed by atoms with E-state index in [0.717, 1.165) is 24.4 Å². The summed E-state index contributed by atoms with van der Waals surface area (Å²) < 4.78 is 3.28. The molecule has 0 unspecified atom stereocenters. The van der Waals surface area contributed by atoms with Crippen LogP contribution in [-0.2, 0) is 6.54 Å². The maximum Gasteiger partial charge on any atom is 0.276 e. The maximum absolute atomic E-state index is 12.2. The van der Waals surface area contributed by atoms with Crippen LogP contribution in [0.5, 0.6) is 0 Å². The van der Waals surface area contributed by atoms with Gasteiger partial charge in [0.2, 0.25) is 0 Å². The van der Waals surface area contributed by atoms with E-state index < -0.39 is 0 Å². The topological polar surface area (TPSA) is 51.3 Å². The van der Waals surface area contributed by atoms with Gasteiger partial charge in [-0.1, -0.05) is 13.5 Å². The number of rotatable bonds is 5. The second kappa shape index (κ2) is 5.18. The minimum absolute atomic E-state index is 0.0317. The minimum Gasteiger partial charge on any atom is -0.313 e. The van der Waals surface area contributed by atoms with E-state index in [9.17, 15) is 4.79 Å². The van der Waals surface area contributed by atoms with Gasteiger partial charge in [0.25, 0.3) is 5.56 Å². The summed E-state index contributed by atoms with van der Waals surface area (Å²) in [7, 11) is 0. The van der Waals surface area contributed by atoms with Crippen molar-refractivity contribution in [1.82, 2.24) is 19.5 Å². The molecule has 0 atom stereocenters. The van der Waals surface area contributed by atoms with Gasteiger partial charge >= 0.3 is 0 Å². The molecule has 0 amide bonds. The molecule has 0 radical (unpaired) electrons. The van der Waals surface area contributed by atoms with Gasteiger partial charge in [0, 0.05) is 25.5 Å². The lowest BCUT2D eigenvalue weighted by Crippen LogP contribution is -2.25. The second-order valence-electron chi connectivity index (χ2n) is 4.38. The van der Waals surface area contributed by atoms with Gasteiger partial charge in [0.05, 0.1) is 5.69 Å². The van der Waals surface area contributed by atoms with Crippen LogP contribution in [-0.4, -0.2) is 27.3 Å². The average Bonchev–Trinajstić information content (AvgIpc) is 2.72. The fraction of sp³-hybridized carbons (Fsp3) is 0.385. The van der Waals surface area contributed by atoms with Crippen LogP contribution in [0.15, 0.2) is 35.4 Å². The van der Waals surface area contributed by atoms with E-state index in [1.54, 1.807) is 27.5 Å². The van der Waals surface area contributed by atoms with E-state index in [1.807, 2.05) is 13.8 Å². The molecule has 0 spiro atoms. The molecule has 0 saturated heterocycles. The summed E-state index contributed by atoms with van der Waals surface area (Å²) in [6.07, 6.45) is 3.54. The molecule has 5 heteroatoms. The fourth-order valence-corrected chi connectivity index (χ4v) is 1.87. The number of likely N-dealkylation sites (N-methyl/N-ethyl adjacent to an activating group) is 1. The van der Waals surface area contributed by atoms with Gasteiger partial charge in [0.1, 0.15) is 5.52 Å². The van der Waals surface area contributed by atoms with Crippen molar-refractivity contribution in [2.24, 2.45) is 0 Å². The standard InChI is InChI=1S/C13H18N4O/c1-4-14-8-10(2)9-16-5-6-17-12(13(16)18)7-11(3)15-17/h5-7,14H,2,4,8-9H2,1,3H3. The number of aromatic nitrogens is 3. The predicted octanol–water partition coefficient (Wildman–Crippen LogP) is 0.970. The van der Waals surface area contributed by atoms with Gasteiger partial charge in [-0.2, -0.15) is 5.10 Å². The summed E-state index contributed by atoms with van der Waals surface area (Å²) in [6, 6.07) is 1.80. The molecule has 0 aromatic carbocycles. The quantitative estimate of drug-likeness (QED) is 0.800. The highest BCUT2D eigenvalue weighted by molar-refractivity contribution is 5.44. The molecule has 1 N–H and O–H groups in total. The smallest absolute Gasteiger partial charge is 0.276 e. The van der Waals surface area contributed by atoms with Crippen molar-refractivity contribution in [2.75, 3.05) is 13.1 Å². The zero-order valence-electron chi connectivity index (χ0n) is 10.8. The van der Waals surface area contributed by atoms with E-state index in [4.69, 9.17) is 0 Å². The molecule has 0 aliphatic carbocycles. The Balaban J connectivity index is 2.26. The van der Waals surface area contributed by atoms with E-state index in [2.05, 4.69) is 17.0 Å². The molecule has 2 heterocycles. The predicted molar refractivity (Wildman–Crippen MR) is 71.9 cm³/mol. The molecule has 96 valence electrons. The first-order chi connectivity index (χ1) is 8.61. The third-order valence-electron chi connectivity index (χ3n) is 2.74. The normalized spacial score (nSPS) is 11.0. The third-order valence-corrected chi connectivity index (χ3v) is 2.74. The Morgan fingerprint density at radius 2 is 2.28 bits per heavy atom. The molecular weight excluding hydrogens is 228 g/mol. The van der Waals surface area contributed by atoms with Crippen molar-refractivity contribution in [1.29, 1.82) is 0 Å². The molecule has 5 nitrogen and oxygen atoms in total. The summed E-state index contributed by atoms with van der Waals surface area (Å²) in [5.41, 5.74) is 2.40. The lowest BCUT2D eigenvalue weighted by Gasteiger charge is -2.09. The molecule has 2 aromatic heterocycles. The summed E-state index contributed by atoms with van der Waals surface area (Å²) >= 11 is 0. The Kier molecular flexibility index (Phi) is 3.62. The molecule has 0 bridgehead atoms. The summed E-state index contributed by atoms with van der Waals surface area (Å²) in [6.45, 7) is 10.0. The van der Waals surface area contributed by atoms with E-state index in [0.29, 0.717) is 12.1 Å². The van der Waals surface area contributed by atoms with Crippen molar-refractivity contribution in [3.8, 4) is 0 Å². The monoisotopic (exact) mass is 246 g/mol. The fourth-order valence-electron chi connectivity index (χ4n) is 1.87. The van der Waals surface area contributed by atoms with Crippen LogP contribution < -0.4 is 10.9 Å². The molecule has 0 saturated carbocycles. The van der Waals surface area contributed by atoms with Gasteiger partial charge in [-0.3, -0.25) is 4.79 Å². The molecule has 0 aliphatic rings. The number of nitrogens with zero attached hydrogens (tertiary/aromatic N) is 3. The van der Waals surface area contributed by atoms with Crippen molar-refractivity contribution < 1.29 is 0 Å². The molecule has 18 heavy (non-hydrogen) atoms. The Hall–Kier alpha value is -1.88. The first kappa shape index (κ1) is 12.6. The van der Waals surface area contributed by atoms with Gasteiger partial charge in [-0.15, -0.1) is 0 Å². The van der Waals surface area contributed by atoms with Gasteiger partial charge in [-0.05, 0) is 25.1 Å². The number of aryl methyl sites for hydroxylation is 1. The second-order valence-corrected chi connectivity index (χ2v) is 4.38. The van der Waals surface area contributed by atoms with Crippen LogP contribution in [0.4, 0.5) is 0 Å². The van der Waals surface area contributed by atoms with Crippen LogP contribution in [0.3, 0.4) is 0 Å². The zero-order chi connectivity index (χ0) is 13.1. The van der Waals surface area contributed by atoms with Gasteiger partial charge in [0.15, 0.2) is 0 Å². The van der Waals surface area contributed by atoms with Crippen LogP contribution in [0.1, 0.15) is 12.6 Å². The van der Waals surface area contributed by atoms with Crippen molar-refractivity contribution in [3.05, 3.63) is 46.7 Å².